The lowest BCUT2D eigenvalue weighted by Gasteiger charge is -2.39. The normalized spacial score (nSPS) is 20.7. The van der Waals surface area contributed by atoms with Crippen LogP contribution in [0.1, 0.15) is 42.4 Å². The summed E-state index contributed by atoms with van der Waals surface area (Å²) in [5, 5.41) is 14.4. The van der Waals surface area contributed by atoms with Crippen LogP contribution in [0.3, 0.4) is 0 Å². The molecule has 0 bridgehead atoms. The number of ether oxygens (including phenoxy) is 1. The van der Waals surface area contributed by atoms with Crippen LogP contribution in [0.15, 0.2) is 53.7 Å². The number of hydrogen-bond acceptors (Lipinski definition) is 5. The molecule has 6 nitrogen and oxygen atoms in total. The van der Waals surface area contributed by atoms with E-state index in [0.717, 1.165) is 42.2 Å². The number of carboxylic acid groups (broad SMARTS) is 1. The number of aryl methyl sites for hydroxylation is 1. The molecule has 0 radical (unpaired) electrons. The lowest BCUT2D eigenvalue weighted by atomic mass is 9.73. The zero-order valence-corrected chi connectivity index (χ0v) is 18.2. The molecule has 0 aromatic heterocycles. The molecule has 2 aromatic rings. The van der Waals surface area contributed by atoms with E-state index in [2.05, 4.69) is 29.1 Å². The highest BCUT2D eigenvalue weighted by molar-refractivity contribution is 6.02. The Hall–Kier alpha value is -2.86. The second-order valence-corrected chi connectivity index (χ2v) is 8.70. The van der Waals surface area contributed by atoms with Crippen molar-refractivity contribution >= 4 is 11.7 Å². The Bertz CT molecular complexity index is 963. The Balaban J connectivity index is 1.36. The first kappa shape index (κ1) is 21.4. The molecular weight excluding hydrogens is 392 g/mol. The van der Waals surface area contributed by atoms with E-state index < -0.39 is 11.4 Å². The third-order valence-electron chi connectivity index (χ3n) is 6.61. The number of carboxylic acids is 1. The van der Waals surface area contributed by atoms with Gasteiger partial charge in [0.2, 0.25) is 0 Å². The number of oxime groups is 1. The van der Waals surface area contributed by atoms with Gasteiger partial charge in [0.1, 0.15) is 11.9 Å². The molecule has 6 heteroatoms. The summed E-state index contributed by atoms with van der Waals surface area (Å²) in [6.07, 6.45) is 2.20. The van der Waals surface area contributed by atoms with E-state index in [1.165, 1.54) is 5.56 Å². The van der Waals surface area contributed by atoms with Crippen LogP contribution >= 0.6 is 0 Å². The van der Waals surface area contributed by atoms with Gasteiger partial charge in [0.15, 0.2) is 0 Å². The average Bonchev–Trinajstić information content (AvgIpc) is 3.23. The summed E-state index contributed by atoms with van der Waals surface area (Å²) in [5.41, 5.74) is 3.58. The number of likely N-dealkylation sites (tertiary alicyclic amines) is 1. The van der Waals surface area contributed by atoms with Gasteiger partial charge in [-0.25, -0.2) is 0 Å². The van der Waals surface area contributed by atoms with Crippen LogP contribution in [0, 0.1) is 12.3 Å². The molecule has 4 rings (SSSR count). The maximum Gasteiger partial charge on any atom is 0.309 e. The van der Waals surface area contributed by atoms with Crippen molar-refractivity contribution in [2.24, 2.45) is 10.6 Å². The Morgan fingerprint density at radius 3 is 2.71 bits per heavy atom. The van der Waals surface area contributed by atoms with E-state index >= 15 is 0 Å². The molecule has 1 fully saturated rings. The summed E-state index contributed by atoms with van der Waals surface area (Å²) in [6, 6.07) is 16.1. The summed E-state index contributed by atoms with van der Waals surface area (Å²) >= 11 is 0. The van der Waals surface area contributed by atoms with Crippen LogP contribution in [-0.2, 0) is 16.2 Å². The summed E-state index contributed by atoms with van der Waals surface area (Å²) in [6.45, 7) is 4.36. The predicted octanol–water partition coefficient (Wildman–Crippen LogP) is 4.25. The number of methoxy groups -OCH3 is 1. The Labute approximate surface area is 183 Å². The van der Waals surface area contributed by atoms with Gasteiger partial charge in [-0.15, -0.1) is 0 Å². The number of benzene rings is 2. The minimum atomic E-state index is -0.758. The Morgan fingerprint density at radius 2 is 2.00 bits per heavy atom. The van der Waals surface area contributed by atoms with Gasteiger partial charge in [0.25, 0.3) is 0 Å². The molecule has 1 atom stereocenters. The SMILES string of the molecule is COc1cccc(CN2CCC(C[C@@H]3CC(c4ccccc4C)=NO3)(C(=O)O)CC2)c1. The van der Waals surface area contributed by atoms with Crippen LogP contribution in [0.25, 0.3) is 0 Å². The fraction of sp³-hybridized carbons (Fsp3) is 0.440. The van der Waals surface area contributed by atoms with E-state index in [-0.39, 0.29) is 6.10 Å². The van der Waals surface area contributed by atoms with Crippen LogP contribution in [0.2, 0.25) is 0 Å². The van der Waals surface area contributed by atoms with Gasteiger partial charge in [0.05, 0.1) is 18.2 Å². The van der Waals surface area contributed by atoms with E-state index in [1.807, 2.05) is 36.4 Å². The van der Waals surface area contributed by atoms with E-state index in [4.69, 9.17) is 9.57 Å². The molecule has 0 amide bonds. The zero-order valence-electron chi connectivity index (χ0n) is 18.2. The highest BCUT2D eigenvalue weighted by atomic mass is 16.6. The molecule has 2 aliphatic heterocycles. The average molecular weight is 423 g/mol. The van der Waals surface area contributed by atoms with Gasteiger partial charge in [-0.1, -0.05) is 41.6 Å². The summed E-state index contributed by atoms with van der Waals surface area (Å²) in [7, 11) is 1.67. The van der Waals surface area contributed by atoms with Gasteiger partial charge in [-0.2, -0.15) is 0 Å². The molecule has 0 aliphatic carbocycles. The molecule has 0 saturated carbocycles. The quantitative estimate of drug-likeness (QED) is 0.722. The van der Waals surface area contributed by atoms with E-state index in [9.17, 15) is 9.90 Å². The third kappa shape index (κ3) is 4.74. The molecular formula is C25H30N2O4. The van der Waals surface area contributed by atoms with Crippen molar-refractivity contribution in [3.63, 3.8) is 0 Å². The first-order valence-corrected chi connectivity index (χ1v) is 10.9. The first-order valence-electron chi connectivity index (χ1n) is 10.9. The van der Waals surface area contributed by atoms with Gasteiger partial charge in [-0.05, 0) is 56.1 Å². The second-order valence-electron chi connectivity index (χ2n) is 8.70. The fourth-order valence-electron chi connectivity index (χ4n) is 4.70. The van der Waals surface area contributed by atoms with Crippen LogP contribution < -0.4 is 4.74 Å². The number of piperidine rings is 1. The van der Waals surface area contributed by atoms with Crippen molar-refractivity contribution in [3.8, 4) is 5.75 Å². The lowest BCUT2D eigenvalue weighted by molar-refractivity contribution is -0.155. The third-order valence-corrected chi connectivity index (χ3v) is 6.61. The molecule has 2 heterocycles. The topological polar surface area (TPSA) is 71.4 Å². The van der Waals surface area contributed by atoms with Crippen molar-refractivity contribution in [2.75, 3.05) is 20.2 Å². The van der Waals surface area contributed by atoms with Crippen LogP contribution in [-0.4, -0.2) is 48.0 Å². The molecule has 2 aliphatic rings. The van der Waals surface area contributed by atoms with Gasteiger partial charge in [-0.3, -0.25) is 9.69 Å². The summed E-state index contributed by atoms with van der Waals surface area (Å²) in [4.78, 5) is 20.3. The van der Waals surface area contributed by atoms with Gasteiger partial charge in [0, 0.05) is 24.9 Å². The minimum Gasteiger partial charge on any atom is -0.497 e. The monoisotopic (exact) mass is 422 g/mol. The highest BCUT2D eigenvalue weighted by Crippen LogP contribution is 2.39. The maximum atomic E-state index is 12.3. The molecule has 164 valence electrons. The van der Waals surface area contributed by atoms with Crippen molar-refractivity contribution in [1.29, 1.82) is 0 Å². The molecule has 1 saturated heterocycles. The van der Waals surface area contributed by atoms with E-state index in [0.29, 0.717) is 25.7 Å². The largest absolute Gasteiger partial charge is 0.497 e. The van der Waals surface area contributed by atoms with Crippen molar-refractivity contribution in [1.82, 2.24) is 4.90 Å². The number of carbonyl (C=O) groups is 1. The van der Waals surface area contributed by atoms with E-state index in [1.54, 1.807) is 7.11 Å². The molecule has 1 N–H and O–H groups in total. The first-order chi connectivity index (χ1) is 15.0. The fourth-order valence-corrected chi connectivity index (χ4v) is 4.70. The smallest absolute Gasteiger partial charge is 0.309 e. The Morgan fingerprint density at radius 1 is 1.23 bits per heavy atom. The molecule has 31 heavy (non-hydrogen) atoms. The maximum absolute atomic E-state index is 12.3. The number of nitrogens with zero attached hydrogens (tertiary/aromatic N) is 2. The second kappa shape index (κ2) is 9.10. The van der Waals surface area contributed by atoms with Crippen molar-refractivity contribution in [3.05, 3.63) is 65.2 Å². The molecule has 2 aromatic carbocycles. The highest BCUT2D eigenvalue weighted by Gasteiger charge is 2.44. The lowest BCUT2D eigenvalue weighted by Crippen LogP contribution is -2.45. The Kier molecular flexibility index (Phi) is 6.28. The van der Waals surface area contributed by atoms with Gasteiger partial charge < -0.3 is 14.7 Å². The summed E-state index contributed by atoms with van der Waals surface area (Å²) < 4.78 is 5.31. The number of aliphatic carboxylic acids is 1. The van der Waals surface area contributed by atoms with Gasteiger partial charge >= 0.3 is 5.97 Å². The molecule has 0 spiro atoms. The van der Waals surface area contributed by atoms with Crippen molar-refractivity contribution in [2.45, 2.75) is 45.3 Å². The predicted molar refractivity (Wildman–Crippen MR) is 119 cm³/mol. The summed E-state index contributed by atoms with van der Waals surface area (Å²) in [5.74, 6) is 0.124. The minimum absolute atomic E-state index is 0.185. The van der Waals surface area contributed by atoms with Crippen LogP contribution in [0.4, 0.5) is 0 Å². The number of hydrogen-bond donors (Lipinski definition) is 1. The number of rotatable bonds is 7. The van der Waals surface area contributed by atoms with Crippen LogP contribution in [0.5, 0.6) is 5.75 Å². The van der Waals surface area contributed by atoms with Crippen molar-refractivity contribution < 1.29 is 19.5 Å². The molecule has 0 unspecified atom stereocenters. The zero-order chi connectivity index (χ0) is 21.8. The standard InChI is InChI=1S/C25H30N2O4/c1-18-6-3-4-9-22(18)23-15-21(31-26-23)16-25(24(28)29)10-12-27(13-11-25)17-19-7-5-8-20(14-19)30-2/h3-9,14,21H,10-13,15-17H2,1-2H3,(H,28,29)/t21-/m0/s1.